The third-order valence-corrected chi connectivity index (χ3v) is 6.87. The molecule has 6 heteroatoms. The van der Waals surface area contributed by atoms with E-state index in [0.717, 1.165) is 31.4 Å². The highest BCUT2D eigenvalue weighted by Crippen LogP contribution is 2.39. The zero-order chi connectivity index (χ0) is 22.7. The van der Waals surface area contributed by atoms with E-state index in [9.17, 15) is 14.7 Å². The van der Waals surface area contributed by atoms with Crippen LogP contribution in [0.3, 0.4) is 0 Å². The molecule has 33 heavy (non-hydrogen) atoms. The van der Waals surface area contributed by atoms with Crippen molar-refractivity contribution in [2.45, 2.75) is 51.5 Å². The molecule has 0 amide bonds. The van der Waals surface area contributed by atoms with E-state index in [0.29, 0.717) is 23.6 Å². The number of nitrogens with zero attached hydrogens (tertiary/aromatic N) is 1. The molecule has 3 aromatic rings. The first-order chi connectivity index (χ1) is 15.5. The minimum Gasteiger partial charge on any atom is -0.507 e. The van der Waals surface area contributed by atoms with Crippen LogP contribution in [0.25, 0.3) is 11.0 Å². The van der Waals surface area contributed by atoms with Crippen LogP contribution in [0, 0.1) is 5.92 Å². The number of hydrogen-bond donors (Lipinski definition) is 1. The SMILES string of the molecule is CCC1CCCCN1CC(C(C)=O)C(c1ccccc1)c1c(O)c2ccccc2oc1=O.Cl. The van der Waals surface area contributed by atoms with Gasteiger partial charge in [-0.2, -0.15) is 0 Å². The second-order valence-electron chi connectivity index (χ2n) is 8.81. The minimum absolute atomic E-state index is 0. The van der Waals surface area contributed by atoms with E-state index in [4.69, 9.17) is 4.42 Å². The van der Waals surface area contributed by atoms with Gasteiger partial charge >= 0.3 is 5.63 Å². The summed E-state index contributed by atoms with van der Waals surface area (Å²) < 4.78 is 5.60. The molecule has 2 heterocycles. The maximum atomic E-state index is 13.2. The fourth-order valence-electron chi connectivity index (χ4n) is 5.17. The number of para-hydroxylation sites is 1. The van der Waals surface area contributed by atoms with Gasteiger partial charge in [0.2, 0.25) is 0 Å². The molecule has 0 bridgehead atoms. The van der Waals surface area contributed by atoms with Crippen LogP contribution in [0.1, 0.15) is 56.6 Å². The third kappa shape index (κ3) is 5.15. The van der Waals surface area contributed by atoms with Gasteiger partial charge < -0.3 is 9.52 Å². The number of Topliss-reactive ketones (excluding diaryl/α,β-unsaturated/α-hetero) is 1. The van der Waals surface area contributed by atoms with Crippen LogP contribution in [-0.4, -0.2) is 34.9 Å². The van der Waals surface area contributed by atoms with Gasteiger partial charge in [-0.1, -0.05) is 55.8 Å². The predicted octanol–water partition coefficient (Wildman–Crippen LogP) is 5.52. The van der Waals surface area contributed by atoms with Crippen LogP contribution < -0.4 is 5.63 Å². The minimum atomic E-state index is -0.591. The number of carbonyl (C=O) groups is 1. The van der Waals surface area contributed by atoms with Crippen LogP contribution >= 0.6 is 12.4 Å². The molecule has 0 saturated carbocycles. The van der Waals surface area contributed by atoms with Crippen molar-refractivity contribution >= 4 is 29.2 Å². The second-order valence-corrected chi connectivity index (χ2v) is 8.81. The van der Waals surface area contributed by atoms with Gasteiger partial charge in [0.1, 0.15) is 17.1 Å². The van der Waals surface area contributed by atoms with Crippen molar-refractivity contribution in [1.29, 1.82) is 0 Å². The van der Waals surface area contributed by atoms with Gasteiger partial charge in [0.15, 0.2) is 0 Å². The van der Waals surface area contributed by atoms with Crippen molar-refractivity contribution in [3.63, 3.8) is 0 Å². The Kier molecular flexibility index (Phi) is 8.33. The normalized spacial score (nSPS) is 18.4. The summed E-state index contributed by atoms with van der Waals surface area (Å²) in [5.74, 6) is -1.15. The fraction of sp³-hybridized carbons (Fsp3) is 0.407. The van der Waals surface area contributed by atoms with Crippen LogP contribution in [0.2, 0.25) is 0 Å². The van der Waals surface area contributed by atoms with Gasteiger partial charge in [-0.25, -0.2) is 4.79 Å². The summed E-state index contributed by atoms with van der Waals surface area (Å²) in [4.78, 5) is 28.6. The molecule has 0 spiro atoms. The summed E-state index contributed by atoms with van der Waals surface area (Å²) in [5.41, 5.74) is 0.745. The maximum absolute atomic E-state index is 13.2. The van der Waals surface area contributed by atoms with E-state index in [1.165, 1.54) is 6.42 Å². The average molecular weight is 470 g/mol. The summed E-state index contributed by atoms with van der Waals surface area (Å²) in [5, 5.41) is 11.7. The van der Waals surface area contributed by atoms with Crippen LogP contribution in [0.5, 0.6) is 5.75 Å². The van der Waals surface area contributed by atoms with E-state index >= 15 is 0 Å². The van der Waals surface area contributed by atoms with Gasteiger partial charge in [0.25, 0.3) is 0 Å². The van der Waals surface area contributed by atoms with E-state index in [1.54, 1.807) is 31.2 Å². The number of carbonyl (C=O) groups excluding carboxylic acids is 1. The number of fused-ring (bicyclic) bond motifs is 1. The van der Waals surface area contributed by atoms with E-state index in [2.05, 4.69) is 11.8 Å². The van der Waals surface area contributed by atoms with Gasteiger partial charge in [-0.05, 0) is 50.4 Å². The first kappa shape index (κ1) is 25.0. The molecular formula is C27H32ClNO4. The first-order valence-electron chi connectivity index (χ1n) is 11.6. The topological polar surface area (TPSA) is 70.8 Å². The smallest absolute Gasteiger partial charge is 0.343 e. The summed E-state index contributed by atoms with van der Waals surface area (Å²) in [6, 6.07) is 16.9. The molecule has 2 aromatic carbocycles. The standard InChI is InChI=1S/C27H31NO4.ClH/c1-3-20-13-9-10-16-28(20)17-22(18(2)29)24(19-11-5-4-6-12-19)25-26(30)21-14-7-8-15-23(21)32-27(25)31;/h4-8,11-12,14-15,20,22,24,30H,3,9-10,13,16-17H2,1-2H3;1H. The lowest BCUT2D eigenvalue weighted by Gasteiger charge is -2.39. The zero-order valence-corrected chi connectivity index (χ0v) is 20.0. The number of rotatable bonds is 7. The number of hydrogen-bond acceptors (Lipinski definition) is 5. The van der Waals surface area contributed by atoms with Gasteiger partial charge in [-0.3, -0.25) is 9.69 Å². The molecule has 4 rings (SSSR count). The Labute approximate surface area is 200 Å². The number of piperidine rings is 1. The molecule has 3 atom stereocenters. The number of likely N-dealkylation sites (tertiary alicyclic amines) is 1. The van der Waals surface area contributed by atoms with Crippen molar-refractivity contribution in [1.82, 2.24) is 4.90 Å². The number of benzene rings is 2. The summed E-state index contributed by atoms with van der Waals surface area (Å²) in [7, 11) is 0. The monoisotopic (exact) mass is 469 g/mol. The summed E-state index contributed by atoms with van der Waals surface area (Å²) in [6.45, 7) is 5.27. The van der Waals surface area contributed by atoms with Crippen molar-refractivity contribution in [2.24, 2.45) is 5.92 Å². The molecule has 3 unspecified atom stereocenters. The van der Waals surface area contributed by atoms with E-state index < -0.39 is 17.5 Å². The Hall–Kier alpha value is -2.63. The molecular weight excluding hydrogens is 438 g/mol. The van der Waals surface area contributed by atoms with Gasteiger partial charge in [-0.15, -0.1) is 12.4 Å². The summed E-state index contributed by atoms with van der Waals surface area (Å²) in [6.07, 6.45) is 4.47. The highest BCUT2D eigenvalue weighted by Gasteiger charge is 2.36. The first-order valence-corrected chi connectivity index (χ1v) is 11.6. The number of halogens is 1. The molecule has 1 N–H and O–H groups in total. The van der Waals surface area contributed by atoms with Crippen molar-refractivity contribution in [3.05, 3.63) is 76.1 Å². The molecule has 1 aromatic heterocycles. The summed E-state index contributed by atoms with van der Waals surface area (Å²) >= 11 is 0. The zero-order valence-electron chi connectivity index (χ0n) is 19.2. The Morgan fingerprint density at radius 3 is 2.52 bits per heavy atom. The molecule has 1 aliphatic rings. The Balaban J connectivity index is 0.00000306. The predicted molar refractivity (Wildman–Crippen MR) is 133 cm³/mol. The molecule has 176 valence electrons. The molecule has 5 nitrogen and oxygen atoms in total. The lowest BCUT2D eigenvalue weighted by Crippen LogP contribution is -2.45. The highest BCUT2D eigenvalue weighted by molar-refractivity contribution is 5.86. The average Bonchev–Trinajstić information content (AvgIpc) is 2.81. The van der Waals surface area contributed by atoms with Crippen LogP contribution in [0.4, 0.5) is 0 Å². The fourth-order valence-corrected chi connectivity index (χ4v) is 5.17. The van der Waals surface area contributed by atoms with E-state index in [-0.39, 0.29) is 29.5 Å². The molecule has 0 radical (unpaired) electrons. The van der Waals surface area contributed by atoms with Crippen LogP contribution in [0.15, 0.2) is 63.8 Å². The molecule has 1 saturated heterocycles. The Morgan fingerprint density at radius 2 is 1.82 bits per heavy atom. The third-order valence-electron chi connectivity index (χ3n) is 6.87. The van der Waals surface area contributed by atoms with Crippen molar-refractivity contribution < 1.29 is 14.3 Å². The largest absolute Gasteiger partial charge is 0.507 e. The number of aromatic hydroxyl groups is 1. The molecule has 1 fully saturated rings. The molecule has 1 aliphatic heterocycles. The number of ketones is 1. The Bertz CT molecular complexity index is 1140. The molecule has 0 aliphatic carbocycles. The second kappa shape index (κ2) is 11.0. The van der Waals surface area contributed by atoms with Crippen LogP contribution in [-0.2, 0) is 4.79 Å². The van der Waals surface area contributed by atoms with Gasteiger partial charge in [0, 0.05) is 24.4 Å². The Morgan fingerprint density at radius 1 is 1.12 bits per heavy atom. The van der Waals surface area contributed by atoms with Crippen molar-refractivity contribution in [2.75, 3.05) is 13.1 Å². The maximum Gasteiger partial charge on any atom is 0.343 e. The lowest BCUT2D eigenvalue weighted by atomic mass is 9.78. The van der Waals surface area contributed by atoms with Gasteiger partial charge in [0.05, 0.1) is 10.9 Å². The van der Waals surface area contributed by atoms with E-state index in [1.807, 2.05) is 30.3 Å². The quantitative estimate of drug-likeness (QED) is 0.461. The lowest BCUT2D eigenvalue weighted by molar-refractivity contribution is -0.122. The van der Waals surface area contributed by atoms with Crippen molar-refractivity contribution in [3.8, 4) is 5.75 Å². The highest BCUT2D eigenvalue weighted by atomic mass is 35.5.